The van der Waals surface area contributed by atoms with E-state index in [-0.39, 0.29) is 11.5 Å². The van der Waals surface area contributed by atoms with Crippen LogP contribution in [0.3, 0.4) is 0 Å². The molecule has 2 N–H and O–H groups in total. The van der Waals surface area contributed by atoms with E-state index < -0.39 is 0 Å². The van der Waals surface area contributed by atoms with Crippen molar-refractivity contribution in [2.75, 3.05) is 6.61 Å². The Labute approximate surface area is 119 Å². The second kappa shape index (κ2) is 4.38. The van der Waals surface area contributed by atoms with Gasteiger partial charge in [0.15, 0.2) is 0 Å². The molecule has 106 valence electrons. The minimum absolute atomic E-state index is 0.0480. The largest absolute Gasteiger partial charge is 0.492 e. The summed E-state index contributed by atoms with van der Waals surface area (Å²) in [6.07, 6.45) is 0. The molecule has 0 fully saturated rings. The van der Waals surface area contributed by atoms with E-state index in [1.54, 1.807) is 0 Å². The zero-order chi connectivity index (χ0) is 14.5. The molecule has 3 rings (SSSR count). The van der Waals surface area contributed by atoms with E-state index in [2.05, 4.69) is 19.9 Å². The van der Waals surface area contributed by atoms with Gasteiger partial charge in [0, 0.05) is 16.5 Å². The topological polar surface area (TPSA) is 48.4 Å². The summed E-state index contributed by atoms with van der Waals surface area (Å²) < 4.78 is 11.3. The molecule has 1 aromatic carbocycles. The number of benzene rings is 1. The van der Waals surface area contributed by atoms with Crippen LogP contribution < -0.4 is 10.5 Å². The maximum absolute atomic E-state index is 6.41. The monoisotopic (exact) mass is 271 g/mol. The molecule has 3 nitrogen and oxygen atoms in total. The predicted octanol–water partition coefficient (Wildman–Crippen LogP) is 3.61. The van der Waals surface area contributed by atoms with Gasteiger partial charge in [-0.15, -0.1) is 0 Å². The molecule has 1 atom stereocenters. The van der Waals surface area contributed by atoms with Gasteiger partial charge in [-0.1, -0.05) is 19.9 Å². The van der Waals surface area contributed by atoms with Gasteiger partial charge >= 0.3 is 0 Å². The van der Waals surface area contributed by atoms with Crippen molar-refractivity contribution in [2.45, 2.75) is 39.2 Å². The lowest BCUT2D eigenvalue weighted by molar-refractivity contribution is 0.291. The van der Waals surface area contributed by atoms with Gasteiger partial charge in [0.1, 0.15) is 17.3 Å². The first kappa shape index (κ1) is 13.3. The molecule has 1 aromatic heterocycles. The van der Waals surface area contributed by atoms with Gasteiger partial charge in [0.25, 0.3) is 0 Å². The Balaban J connectivity index is 2.02. The SMILES string of the molecule is Cc1cc(C(N)c2ccc3c(c2)C(C)(C)CO3)c(C)o1. The average molecular weight is 271 g/mol. The highest BCUT2D eigenvalue weighted by molar-refractivity contribution is 5.47. The summed E-state index contributed by atoms with van der Waals surface area (Å²) in [4.78, 5) is 0. The van der Waals surface area contributed by atoms with Gasteiger partial charge in [0.05, 0.1) is 12.6 Å². The van der Waals surface area contributed by atoms with E-state index in [4.69, 9.17) is 14.9 Å². The fourth-order valence-corrected chi connectivity index (χ4v) is 2.87. The molecule has 0 spiro atoms. The fourth-order valence-electron chi connectivity index (χ4n) is 2.87. The van der Waals surface area contributed by atoms with Crippen molar-refractivity contribution < 1.29 is 9.15 Å². The molecule has 0 aliphatic carbocycles. The van der Waals surface area contributed by atoms with E-state index in [0.29, 0.717) is 0 Å². The van der Waals surface area contributed by atoms with Crippen LogP contribution in [0.2, 0.25) is 0 Å². The summed E-state index contributed by atoms with van der Waals surface area (Å²) in [5.74, 6) is 2.77. The van der Waals surface area contributed by atoms with Crippen LogP contribution in [0.25, 0.3) is 0 Å². The summed E-state index contributed by atoms with van der Waals surface area (Å²) in [6.45, 7) is 9.03. The summed E-state index contributed by atoms with van der Waals surface area (Å²) in [7, 11) is 0. The molecule has 0 radical (unpaired) electrons. The molecule has 0 saturated heterocycles. The van der Waals surface area contributed by atoms with Crippen LogP contribution in [0.5, 0.6) is 5.75 Å². The molecule has 20 heavy (non-hydrogen) atoms. The first-order valence-corrected chi connectivity index (χ1v) is 6.98. The smallest absolute Gasteiger partial charge is 0.123 e. The molecule has 2 heterocycles. The molecule has 3 heteroatoms. The molecule has 0 saturated carbocycles. The van der Waals surface area contributed by atoms with Crippen LogP contribution in [-0.2, 0) is 5.41 Å². The highest BCUT2D eigenvalue weighted by atomic mass is 16.5. The van der Waals surface area contributed by atoms with Crippen molar-refractivity contribution in [1.29, 1.82) is 0 Å². The maximum Gasteiger partial charge on any atom is 0.123 e. The Morgan fingerprint density at radius 1 is 1.20 bits per heavy atom. The lowest BCUT2D eigenvalue weighted by Gasteiger charge is -2.18. The number of hydrogen-bond acceptors (Lipinski definition) is 3. The number of hydrogen-bond donors (Lipinski definition) is 1. The number of furan rings is 1. The van der Waals surface area contributed by atoms with Crippen molar-refractivity contribution in [2.24, 2.45) is 5.73 Å². The summed E-state index contributed by atoms with van der Waals surface area (Å²) in [6, 6.07) is 8.12. The quantitative estimate of drug-likeness (QED) is 0.907. The normalized spacial score (nSPS) is 17.6. The Morgan fingerprint density at radius 3 is 2.60 bits per heavy atom. The van der Waals surface area contributed by atoms with Gasteiger partial charge in [-0.05, 0) is 37.6 Å². The van der Waals surface area contributed by atoms with Gasteiger partial charge in [-0.2, -0.15) is 0 Å². The Morgan fingerprint density at radius 2 is 1.95 bits per heavy atom. The lowest BCUT2D eigenvalue weighted by Crippen LogP contribution is -2.19. The van der Waals surface area contributed by atoms with Gasteiger partial charge in [-0.3, -0.25) is 0 Å². The fraction of sp³-hybridized carbons (Fsp3) is 0.412. The van der Waals surface area contributed by atoms with Crippen molar-refractivity contribution in [3.8, 4) is 5.75 Å². The molecule has 0 bridgehead atoms. The molecule has 1 aliphatic rings. The van der Waals surface area contributed by atoms with Crippen LogP contribution in [0.4, 0.5) is 0 Å². The summed E-state index contributed by atoms with van der Waals surface area (Å²) in [5, 5.41) is 0. The molecule has 0 amide bonds. The number of rotatable bonds is 2. The van der Waals surface area contributed by atoms with Gasteiger partial charge < -0.3 is 14.9 Å². The van der Waals surface area contributed by atoms with E-state index >= 15 is 0 Å². The van der Waals surface area contributed by atoms with Crippen molar-refractivity contribution in [3.63, 3.8) is 0 Å². The number of fused-ring (bicyclic) bond motifs is 1. The van der Waals surface area contributed by atoms with Gasteiger partial charge in [0.2, 0.25) is 0 Å². The highest BCUT2D eigenvalue weighted by Crippen LogP contribution is 2.40. The molecule has 2 aromatic rings. The zero-order valence-corrected chi connectivity index (χ0v) is 12.5. The molecule has 1 aliphatic heterocycles. The predicted molar refractivity (Wildman–Crippen MR) is 79.2 cm³/mol. The Bertz CT molecular complexity index is 655. The van der Waals surface area contributed by atoms with E-state index in [1.165, 1.54) is 5.56 Å². The standard InChI is InChI=1S/C17H21NO2/c1-10-7-13(11(2)20-10)16(18)12-5-6-15-14(8-12)17(3,4)9-19-15/h5-8,16H,9,18H2,1-4H3. The van der Waals surface area contributed by atoms with Gasteiger partial charge in [-0.25, -0.2) is 0 Å². The highest BCUT2D eigenvalue weighted by Gasteiger charge is 2.32. The minimum Gasteiger partial charge on any atom is -0.492 e. The lowest BCUT2D eigenvalue weighted by atomic mass is 9.85. The number of aryl methyl sites for hydroxylation is 2. The molecular formula is C17H21NO2. The van der Waals surface area contributed by atoms with Crippen LogP contribution in [0, 0.1) is 13.8 Å². The van der Waals surface area contributed by atoms with E-state index in [1.807, 2.05) is 32.0 Å². The van der Waals surface area contributed by atoms with Crippen LogP contribution in [0.1, 0.15) is 48.1 Å². The first-order chi connectivity index (χ1) is 9.38. The average Bonchev–Trinajstić information content (AvgIpc) is 2.88. The van der Waals surface area contributed by atoms with Crippen LogP contribution >= 0.6 is 0 Å². The van der Waals surface area contributed by atoms with E-state index in [0.717, 1.165) is 35.0 Å². The number of ether oxygens (including phenoxy) is 1. The van der Waals surface area contributed by atoms with Crippen molar-refractivity contribution in [3.05, 3.63) is 52.5 Å². The van der Waals surface area contributed by atoms with Crippen molar-refractivity contribution in [1.82, 2.24) is 0 Å². The number of nitrogens with two attached hydrogens (primary N) is 1. The van der Waals surface area contributed by atoms with Crippen LogP contribution in [0.15, 0.2) is 28.7 Å². The van der Waals surface area contributed by atoms with Crippen molar-refractivity contribution >= 4 is 0 Å². The Hall–Kier alpha value is -1.74. The van der Waals surface area contributed by atoms with Crippen LogP contribution in [-0.4, -0.2) is 6.61 Å². The second-order valence-corrected chi connectivity index (χ2v) is 6.27. The maximum atomic E-state index is 6.41. The summed E-state index contributed by atoms with van der Waals surface area (Å²) in [5.41, 5.74) is 9.86. The third-order valence-corrected chi connectivity index (χ3v) is 4.09. The second-order valence-electron chi connectivity index (χ2n) is 6.27. The minimum atomic E-state index is -0.158. The molecule has 1 unspecified atom stereocenters. The van der Waals surface area contributed by atoms with E-state index in [9.17, 15) is 0 Å². The summed E-state index contributed by atoms with van der Waals surface area (Å²) >= 11 is 0. The first-order valence-electron chi connectivity index (χ1n) is 6.98. The zero-order valence-electron chi connectivity index (χ0n) is 12.5. The third-order valence-electron chi connectivity index (χ3n) is 4.09. The third kappa shape index (κ3) is 2.02. The molecular weight excluding hydrogens is 250 g/mol. The Kier molecular flexibility index (Phi) is 2.91.